The van der Waals surface area contributed by atoms with Crippen LogP contribution in [0.4, 0.5) is 5.69 Å². The number of benzene rings is 3. The minimum Gasteiger partial charge on any atom is -0.378 e. The highest BCUT2D eigenvalue weighted by Gasteiger charge is 2.30. The number of allylic oxidation sites excluding steroid dienone is 1. The van der Waals surface area contributed by atoms with Crippen LogP contribution in [-0.4, -0.2) is 32.1 Å². The van der Waals surface area contributed by atoms with E-state index in [9.17, 15) is 4.79 Å². The first-order valence-corrected chi connectivity index (χ1v) is 9.70. The SMILES string of the molecule is O=C1C(c2ccccc2)=C(c2ccc(N3CCOCC3)cc2)c2ccccc21. The topological polar surface area (TPSA) is 29.5 Å². The fraction of sp³-hybridized carbons (Fsp3) is 0.160. The van der Waals surface area contributed by atoms with Crippen molar-refractivity contribution in [3.63, 3.8) is 0 Å². The first-order chi connectivity index (χ1) is 13.8. The minimum atomic E-state index is 0.106. The number of fused-ring (bicyclic) bond motifs is 1. The van der Waals surface area contributed by atoms with Gasteiger partial charge >= 0.3 is 0 Å². The van der Waals surface area contributed by atoms with E-state index in [1.54, 1.807) is 0 Å². The van der Waals surface area contributed by atoms with Crippen LogP contribution in [0, 0.1) is 0 Å². The molecule has 138 valence electrons. The summed E-state index contributed by atoms with van der Waals surface area (Å²) >= 11 is 0. The van der Waals surface area contributed by atoms with Crippen molar-refractivity contribution in [2.45, 2.75) is 0 Å². The maximum atomic E-state index is 13.2. The number of nitrogens with zero attached hydrogens (tertiary/aromatic N) is 1. The van der Waals surface area contributed by atoms with Crippen LogP contribution in [0.5, 0.6) is 0 Å². The number of carbonyl (C=O) groups is 1. The Morgan fingerprint density at radius 2 is 1.25 bits per heavy atom. The molecule has 3 aromatic carbocycles. The lowest BCUT2D eigenvalue weighted by Gasteiger charge is -2.29. The maximum Gasteiger partial charge on any atom is 0.194 e. The summed E-state index contributed by atoms with van der Waals surface area (Å²) in [5.74, 6) is 0.106. The Hall–Kier alpha value is -3.17. The molecule has 3 aromatic rings. The monoisotopic (exact) mass is 367 g/mol. The molecule has 0 N–H and O–H groups in total. The Balaban J connectivity index is 1.62. The number of anilines is 1. The molecule has 3 nitrogen and oxygen atoms in total. The van der Waals surface area contributed by atoms with Crippen molar-refractivity contribution in [3.8, 4) is 0 Å². The zero-order valence-electron chi connectivity index (χ0n) is 15.6. The largest absolute Gasteiger partial charge is 0.378 e. The van der Waals surface area contributed by atoms with Crippen molar-refractivity contribution in [3.05, 3.63) is 101 Å². The van der Waals surface area contributed by atoms with Crippen LogP contribution in [0.1, 0.15) is 27.0 Å². The van der Waals surface area contributed by atoms with Crippen molar-refractivity contribution >= 4 is 22.6 Å². The van der Waals surface area contributed by atoms with Crippen molar-refractivity contribution < 1.29 is 9.53 Å². The normalized spacial score (nSPS) is 16.4. The first kappa shape index (κ1) is 17.0. The molecule has 5 rings (SSSR count). The van der Waals surface area contributed by atoms with Gasteiger partial charge in [-0.15, -0.1) is 0 Å². The number of carbonyl (C=O) groups excluding carboxylic acids is 1. The molecule has 3 heteroatoms. The van der Waals surface area contributed by atoms with Gasteiger partial charge in [0.1, 0.15) is 0 Å². The lowest BCUT2D eigenvalue weighted by Crippen LogP contribution is -2.36. The van der Waals surface area contributed by atoms with E-state index < -0.39 is 0 Å². The molecule has 0 unspecified atom stereocenters. The minimum absolute atomic E-state index is 0.106. The Bertz CT molecular complexity index is 1050. The lowest BCUT2D eigenvalue weighted by molar-refractivity contribution is 0.105. The summed E-state index contributed by atoms with van der Waals surface area (Å²) < 4.78 is 5.45. The molecule has 2 aliphatic rings. The highest BCUT2D eigenvalue weighted by molar-refractivity contribution is 6.41. The maximum absolute atomic E-state index is 13.2. The van der Waals surface area contributed by atoms with E-state index in [-0.39, 0.29) is 5.78 Å². The quantitative estimate of drug-likeness (QED) is 0.673. The zero-order valence-corrected chi connectivity index (χ0v) is 15.6. The van der Waals surface area contributed by atoms with E-state index in [4.69, 9.17) is 4.74 Å². The van der Waals surface area contributed by atoms with Crippen LogP contribution in [0.2, 0.25) is 0 Å². The number of hydrogen-bond acceptors (Lipinski definition) is 3. The summed E-state index contributed by atoms with van der Waals surface area (Å²) in [7, 11) is 0. The second kappa shape index (κ2) is 7.10. The van der Waals surface area contributed by atoms with Crippen LogP contribution in [0.3, 0.4) is 0 Å². The Morgan fingerprint density at radius 3 is 1.96 bits per heavy atom. The van der Waals surface area contributed by atoms with Crippen LogP contribution in [-0.2, 0) is 4.74 Å². The molecule has 0 amide bonds. The third kappa shape index (κ3) is 2.85. The number of ether oxygens (including phenoxy) is 1. The molecule has 0 saturated carbocycles. The van der Waals surface area contributed by atoms with E-state index in [2.05, 4.69) is 29.2 Å². The van der Waals surface area contributed by atoms with E-state index in [0.717, 1.165) is 59.7 Å². The highest BCUT2D eigenvalue weighted by Crippen LogP contribution is 2.42. The van der Waals surface area contributed by atoms with Crippen LogP contribution < -0.4 is 4.90 Å². The van der Waals surface area contributed by atoms with Gasteiger partial charge in [0, 0.05) is 35.5 Å². The number of rotatable bonds is 3. The number of ketones is 1. The average molecular weight is 367 g/mol. The molecule has 1 heterocycles. The molecule has 1 aliphatic carbocycles. The van der Waals surface area contributed by atoms with Crippen molar-refractivity contribution in [1.82, 2.24) is 0 Å². The Labute approximate surface area is 164 Å². The van der Waals surface area contributed by atoms with Crippen molar-refractivity contribution in [2.75, 3.05) is 31.2 Å². The van der Waals surface area contributed by atoms with Gasteiger partial charge in [-0.3, -0.25) is 4.79 Å². The molecule has 1 fully saturated rings. The summed E-state index contributed by atoms with van der Waals surface area (Å²) in [5, 5.41) is 0. The van der Waals surface area contributed by atoms with Gasteiger partial charge in [0.2, 0.25) is 0 Å². The third-order valence-electron chi connectivity index (χ3n) is 5.51. The van der Waals surface area contributed by atoms with Gasteiger partial charge in [0.15, 0.2) is 5.78 Å². The zero-order chi connectivity index (χ0) is 18.9. The summed E-state index contributed by atoms with van der Waals surface area (Å²) in [4.78, 5) is 15.6. The Kier molecular flexibility index (Phi) is 4.30. The first-order valence-electron chi connectivity index (χ1n) is 9.70. The van der Waals surface area contributed by atoms with Gasteiger partial charge < -0.3 is 9.64 Å². The second-order valence-electron chi connectivity index (χ2n) is 7.14. The van der Waals surface area contributed by atoms with Gasteiger partial charge in [0.05, 0.1) is 13.2 Å². The number of hydrogen-bond donors (Lipinski definition) is 0. The van der Waals surface area contributed by atoms with Crippen LogP contribution in [0.25, 0.3) is 11.1 Å². The average Bonchev–Trinajstić information content (AvgIpc) is 3.08. The molecule has 0 spiro atoms. The van der Waals surface area contributed by atoms with Gasteiger partial charge in [-0.25, -0.2) is 0 Å². The second-order valence-corrected chi connectivity index (χ2v) is 7.14. The van der Waals surface area contributed by atoms with E-state index in [0.29, 0.717) is 0 Å². The summed E-state index contributed by atoms with van der Waals surface area (Å²) in [5.41, 5.74) is 6.87. The van der Waals surface area contributed by atoms with Gasteiger partial charge in [-0.1, -0.05) is 66.7 Å². The fourth-order valence-corrected chi connectivity index (χ4v) is 4.12. The highest BCUT2D eigenvalue weighted by atomic mass is 16.5. The molecular weight excluding hydrogens is 346 g/mol. The van der Waals surface area contributed by atoms with E-state index in [1.807, 2.05) is 54.6 Å². The predicted octanol–water partition coefficient (Wildman–Crippen LogP) is 4.68. The fourth-order valence-electron chi connectivity index (χ4n) is 4.12. The van der Waals surface area contributed by atoms with Crippen molar-refractivity contribution in [2.24, 2.45) is 0 Å². The standard InChI is InChI=1S/C25H21NO2/c27-25-22-9-5-4-8-21(22)23(24(25)18-6-2-1-3-7-18)19-10-12-20(13-11-19)26-14-16-28-17-15-26/h1-13H,14-17H2. The molecule has 28 heavy (non-hydrogen) atoms. The summed E-state index contributed by atoms with van der Waals surface area (Å²) in [6.07, 6.45) is 0. The molecule has 0 radical (unpaired) electrons. The number of morpholine rings is 1. The molecule has 1 saturated heterocycles. The Morgan fingerprint density at radius 1 is 0.643 bits per heavy atom. The molecular formula is C25H21NO2. The van der Waals surface area contributed by atoms with E-state index in [1.165, 1.54) is 5.69 Å². The summed E-state index contributed by atoms with van der Waals surface area (Å²) in [6.45, 7) is 3.37. The molecule has 0 aromatic heterocycles. The van der Waals surface area contributed by atoms with Gasteiger partial charge in [-0.2, -0.15) is 0 Å². The van der Waals surface area contributed by atoms with E-state index >= 15 is 0 Å². The number of Topliss-reactive ketones (excluding diaryl/α,β-unsaturated/α-hetero) is 1. The molecule has 0 atom stereocenters. The van der Waals surface area contributed by atoms with Crippen LogP contribution in [0.15, 0.2) is 78.9 Å². The molecule has 1 aliphatic heterocycles. The van der Waals surface area contributed by atoms with Crippen LogP contribution >= 0.6 is 0 Å². The summed E-state index contributed by atoms with van der Waals surface area (Å²) in [6, 6.07) is 26.5. The smallest absolute Gasteiger partial charge is 0.194 e. The lowest BCUT2D eigenvalue weighted by atomic mass is 9.94. The van der Waals surface area contributed by atoms with Gasteiger partial charge in [-0.05, 0) is 28.8 Å². The molecule has 0 bridgehead atoms. The predicted molar refractivity (Wildman–Crippen MR) is 113 cm³/mol. The van der Waals surface area contributed by atoms with Crippen molar-refractivity contribution in [1.29, 1.82) is 0 Å². The van der Waals surface area contributed by atoms with Gasteiger partial charge in [0.25, 0.3) is 0 Å². The third-order valence-corrected chi connectivity index (χ3v) is 5.51.